The van der Waals surface area contributed by atoms with Crippen LogP contribution in [0.5, 0.6) is 0 Å². The number of hydrogen-bond acceptors (Lipinski definition) is 5. The van der Waals surface area contributed by atoms with E-state index in [1.54, 1.807) is 20.8 Å². The van der Waals surface area contributed by atoms with Gasteiger partial charge in [0.2, 0.25) is 5.91 Å². The monoisotopic (exact) mass is 318 g/mol. The Labute approximate surface area is 130 Å². The van der Waals surface area contributed by atoms with E-state index in [1.807, 2.05) is 13.8 Å². The van der Waals surface area contributed by atoms with Crippen LogP contribution in [0.1, 0.15) is 34.6 Å². The van der Waals surface area contributed by atoms with Gasteiger partial charge in [0.1, 0.15) is 11.6 Å². The molecule has 7 heteroatoms. The van der Waals surface area contributed by atoms with E-state index in [4.69, 9.17) is 4.74 Å². The van der Waals surface area contributed by atoms with Gasteiger partial charge in [-0.25, -0.2) is 4.79 Å². The van der Waals surface area contributed by atoms with E-state index in [2.05, 4.69) is 5.32 Å². The van der Waals surface area contributed by atoms with E-state index in [0.717, 1.165) is 0 Å². The van der Waals surface area contributed by atoms with Gasteiger partial charge in [0.25, 0.3) is 0 Å². The maximum atomic E-state index is 12.3. The lowest BCUT2D eigenvalue weighted by Gasteiger charge is -2.29. The molecular formula is C14H26N2O4S. The minimum Gasteiger partial charge on any atom is -0.444 e. The normalized spacial score (nSPS) is 20.5. The summed E-state index contributed by atoms with van der Waals surface area (Å²) in [7, 11) is 0. The van der Waals surface area contributed by atoms with Crippen molar-refractivity contribution in [1.82, 2.24) is 10.2 Å². The molecule has 1 rings (SSSR count). The van der Waals surface area contributed by atoms with Crippen molar-refractivity contribution in [1.29, 1.82) is 0 Å². The minimum atomic E-state index is -0.586. The van der Waals surface area contributed by atoms with Crippen molar-refractivity contribution < 1.29 is 19.4 Å². The van der Waals surface area contributed by atoms with E-state index in [1.165, 1.54) is 16.7 Å². The first-order valence-electron chi connectivity index (χ1n) is 7.14. The molecule has 2 N–H and O–H groups in total. The van der Waals surface area contributed by atoms with Crippen molar-refractivity contribution in [3.63, 3.8) is 0 Å². The highest BCUT2D eigenvalue weighted by Gasteiger charge is 2.37. The van der Waals surface area contributed by atoms with Crippen LogP contribution in [0.2, 0.25) is 0 Å². The molecule has 0 aromatic carbocycles. The molecule has 1 heterocycles. The molecule has 1 fully saturated rings. The van der Waals surface area contributed by atoms with Crippen molar-refractivity contribution in [2.75, 3.05) is 18.2 Å². The summed E-state index contributed by atoms with van der Waals surface area (Å²) in [5, 5.41) is 12.1. The molecule has 1 saturated heterocycles. The minimum absolute atomic E-state index is 0.115. The van der Waals surface area contributed by atoms with Crippen LogP contribution in [0.3, 0.4) is 0 Å². The average Bonchev–Trinajstić information content (AvgIpc) is 2.82. The summed E-state index contributed by atoms with van der Waals surface area (Å²) in [5.41, 5.74) is -0.586. The molecule has 2 atom stereocenters. The van der Waals surface area contributed by atoms with Crippen LogP contribution >= 0.6 is 11.8 Å². The molecule has 1 aliphatic rings. The third-order valence-corrected chi connectivity index (χ3v) is 4.15. The van der Waals surface area contributed by atoms with Gasteiger partial charge in [-0.3, -0.25) is 9.69 Å². The fourth-order valence-corrected chi connectivity index (χ4v) is 3.00. The highest BCUT2D eigenvalue weighted by atomic mass is 32.2. The van der Waals surface area contributed by atoms with E-state index >= 15 is 0 Å². The Bertz CT molecular complexity index is 382. The van der Waals surface area contributed by atoms with Gasteiger partial charge in [0.05, 0.1) is 18.5 Å². The highest BCUT2D eigenvalue weighted by Crippen LogP contribution is 2.24. The third-order valence-electron chi connectivity index (χ3n) is 3.14. The first-order chi connectivity index (χ1) is 9.65. The summed E-state index contributed by atoms with van der Waals surface area (Å²) in [6.07, 6.45) is -0.474. The zero-order valence-corrected chi connectivity index (χ0v) is 14.2. The third kappa shape index (κ3) is 5.39. The standard InChI is InChI=1S/C14H26N2O4S/c1-9(2)10(6-17)15-12(18)11-7-21-8-16(11)13(19)20-14(3,4)5/h9-11,17H,6-8H2,1-5H3,(H,15,18)/t10-,11+/m1/s1. The molecule has 0 unspecified atom stereocenters. The summed E-state index contributed by atoms with van der Waals surface area (Å²) < 4.78 is 5.33. The van der Waals surface area contributed by atoms with E-state index in [9.17, 15) is 14.7 Å². The van der Waals surface area contributed by atoms with Gasteiger partial charge in [-0.2, -0.15) is 0 Å². The van der Waals surface area contributed by atoms with Crippen LogP contribution in [0, 0.1) is 5.92 Å². The SMILES string of the molecule is CC(C)[C@@H](CO)NC(=O)[C@@H]1CSCN1C(=O)OC(C)(C)C. The van der Waals surface area contributed by atoms with Crippen LogP contribution in [-0.2, 0) is 9.53 Å². The lowest BCUT2D eigenvalue weighted by atomic mass is 10.1. The second kappa shape index (κ2) is 7.35. The molecule has 0 bridgehead atoms. The number of amides is 2. The summed E-state index contributed by atoms with van der Waals surface area (Å²) >= 11 is 1.52. The number of thioether (sulfide) groups is 1. The maximum absolute atomic E-state index is 12.3. The van der Waals surface area contributed by atoms with Gasteiger partial charge in [-0.05, 0) is 26.7 Å². The smallest absolute Gasteiger partial charge is 0.411 e. The van der Waals surface area contributed by atoms with Crippen LogP contribution in [0.4, 0.5) is 4.79 Å². The summed E-state index contributed by atoms with van der Waals surface area (Å²) in [4.78, 5) is 25.9. The number of aliphatic hydroxyl groups is 1. The molecule has 2 amide bonds. The molecule has 122 valence electrons. The molecule has 0 aromatic heterocycles. The number of carbonyl (C=O) groups excluding carboxylic acids is 2. The Balaban J connectivity index is 2.68. The van der Waals surface area contributed by atoms with Crippen molar-refractivity contribution in [2.24, 2.45) is 5.92 Å². The van der Waals surface area contributed by atoms with Crippen LogP contribution in [0.15, 0.2) is 0 Å². The maximum Gasteiger partial charge on any atom is 0.411 e. The summed E-state index contributed by atoms with van der Waals surface area (Å²) in [5.74, 6) is 0.876. The number of nitrogens with one attached hydrogen (secondary N) is 1. The lowest BCUT2D eigenvalue weighted by molar-refractivity contribution is -0.126. The molecule has 21 heavy (non-hydrogen) atoms. The van der Waals surface area contributed by atoms with Gasteiger partial charge in [-0.15, -0.1) is 11.8 Å². The zero-order chi connectivity index (χ0) is 16.2. The van der Waals surface area contributed by atoms with Gasteiger partial charge in [0.15, 0.2) is 0 Å². The Morgan fingerprint density at radius 2 is 2.05 bits per heavy atom. The summed E-state index contributed by atoms with van der Waals surface area (Å²) in [6, 6.07) is -0.846. The Morgan fingerprint density at radius 3 is 2.52 bits per heavy atom. The number of rotatable bonds is 4. The predicted octanol–water partition coefficient (Wildman–Crippen LogP) is 1.43. The van der Waals surface area contributed by atoms with Crippen LogP contribution in [-0.4, -0.2) is 57.9 Å². The number of hydrogen-bond donors (Lipinski definition) is 2. The highest BCUT2D eigenvalue weighted by molar-refractivity contribution is 7.99. The fraction of sp³-hybridized carbons (Fsp3) is 0.857. The zero-order valence-electron chi connectivity index (χ0n) is 13.4. The molecule has 0 radical (unpaired) electrons. The van der Waals surface area contributed by atoms with Crippen LogP contribution in [0.25, 0.3) is 0 Å². The van der Waals surface area contributed by atoms with Crippen molar-refractivity contribution in [3.05, 3.63) is 0 Å². The molecule has 0 spiro atoms. The molecule has 0 aliphatic carbocycles. The van der Waals surface area contributed by atoms with Gasteiger partial charge in [0, 0.05) is 5.75 Å². The van der Waals surface area contributed by atoms with E-state index in [0.29, 0.717) is 11.6 Å². The lowest BCUT2D eigenvalue weighted by Crippen LogP contribution is -2.52. The Morgan fingerprint density at radius 1 is 1.43 bits per heavy atom. The first-order valence-corrected chi connectivity index (χ1v) is 8.29. The second-order valence-corrected chi connectivity index (χ2v) is 7.51. The molecule has 0 saturated carbocycles. The molecule has 6 nitrogen and oxygen atoms in total. The van der Waals surface area contributed by atoms with Crippen molar-refractivity contribution >= 4 is 23.8 Å². The largest absolute Gasteiger partial charge is 0.444 e. The first kappa shape index (κ1) is 18.1. The Hall–Kier alpha value is -0.950. The number of aliphatic hydroxyl groups excluding tert-OH is 1. The molecule has 0 aromatic rings. The van der Waals surface area contributed by atoms with Crippen LogP contribution < -0.4 is 5.32 Å². The van der Waals surface area contributed by atoms with Gasteiger partial charge < -0.3 is 15.2 Å². The summed E-state index contributed by atoms with van der Waals surface area (Å²) in [6.45, 7) is 9.12. The van der Waals surface area contributed by atoms with Crippen molar-refractivity contribution in [3.8, 4) is 0 Å². The molecular weight excluding hydrogens is 292 g/mol. The van der Waals surface area contributed by atoms with Crippen molar-refractivity contribution in [2.45, 2.75) is 52.3 Å². The number of nitrogens with zero attached hydrogens (tertiary/aromatic N) is 1. The Kier molecular flexibility index (Phi) is 6.34. The van der Waals surface area contributed by atoms with Gasteiger partial charge >= 0.3 is 6.09 Å². The molecule has 1 aliphatic heterocycles. The quantitative estimate of drug-likeness (QED) is 0.820. The van der Waals surface area contributed by atoms with E-state index < -0.39 is 17.7 Å². The average molecular weight is 318 g/mol. The number of carbonyl (C=O) groups is 2. The predicted molar refractivity (Wildman–Crippen MR) is 83.0 cm³/mol. The fourth-order valence-electron chi connectivity index (χ4n) is 1.86. The number of ether oxygens (including phenoxy) is 1. The van der Waals surface area contributed by atoms with E-state index in [-0.39, 0.29) is 24.5 Å². The topological polar surface area (TPSA) is 78.9 Å². The van der Waals surface area contributed by atoms with Gasteiger partial charge in [-0.1, -0.05) is 13.8 Å². The second-order valence-electron chi connectivity index (χ2n) is 6.51.